The van der Waals surface area contributed by atoms with Crippen LogP contribution in [0.25, 0.3) is 11.0 Å². The molecule has 1 atom stereocenters. The number of nitrogens with one attached hydrogen (secondary N) is 1. The van der Waals surface area contributed by atoms with Crippen LogP contribution in [0.4, 0.5) is 5.82 Å². The summed E-state index contributed by atoms with van der Waals surface area (Å²) in [6.07, 6.45) is 5.99. The van der Waals surface area contributed by atoms with Gasteiger partial charge in [0.15, 0.2) is 9.84 Å². The number of rotatable bonds is 5. The molecule has 0 radical (unpaired) electrons. The van der Waals surface area contributed by atoms with E-state index in [-0.39, 0.29) is 42.0 Å². The van der Waals surface area contributed by atoms with E-state index >= 15 is 0 Å². The van der Waals surface area contributed by atoms with Crippen molar-refractivity contribution in [1.82, 2.24) is 15.0 Å². The van der Waals surface area contributed by atoms with E-state index in [1.165, 1.54) is 0 Å². The number of aliphatic hydroxyl groups is 1. The van der Waals surface area contributed by atoms with Gasteiger partial charge in [0, 0.05) is 24.7 Å². The molecule has 2 saturated heterocycles. The van der Waals surface area contributed by atoms with Gasteiger partial charge in [-0.1, -0.05) is 0 Å². The van der Waals surface area contributed by atoms with Gasteiger partial charge in [-0.15, -0.1) is 0 Å². The van der Waals surface area contributed by atoms with E-state index in [9.17, 15) is 18.3 Å². The van der Waals surface area contributed by atoms with Crippen LogP contribution in [-0.4, -0.2) is 72.3 Å². The number of aromatic nitrogens is 3. The SMILES string of the molecule is O=C(OCC1(CO)CS(=O)(=O)C1)[C@@H]1CCN(c2ncnc3[nH]ccc23)CC12CC2. The van der Waals surface area contributed by atoms with Crippen LogP contribution in [0, 0.1) is 16.7 Å². The number of carbonyl (C=O) groups excluding carboxylic acids is 1. The lowest BCUT2D eigenvalue weighted by molar-refractivity contribution is -0.155. The van der Waals surface area contributed by atoms with E-state index in [0.717, 1.165) is 36.2 Å². The number of aliphatic hydroxyl groups excluding tert-OH is 1. The van der Waals surface area contributed by atoms with Crippen molar-refractivity contribution in [2.45, 2.75) is 19.3 Å². The quantitative estimate of drug-likeness (QED) is 0.671. The first-order chi connectivity index (χ1) is 13.9. The van der Waals surface area contributed by atoms with Crippen molar-refractivity contribution < 1.29 is 23.1 Å². The number of piperidine rings is 1. The zero-order valence-corrected chi connectivity index (χ0v) is 16.8. The third-order valence-electron chi connectivity index (χ3n) is 6.65. The number of H-pyrrole nitrogens is 1. The lowest BCUT2D eigenvalue weighted by Gasteiger charge is -2.41. The van der Waals surface area contributed by atoms with Crippen LogP contribution in [0.1, 0.15) is 19.3 Å². The predicted octanol–water partition coefficient (Wildman–Crippen LogP) is 0.515. The monoisotopic (exact) mass is 420 g/mol. The number of esters is 1. The van der Waals surface area contributed by atoms with Gasteiger partial charge in [0.25, 0.3) is 0 Å². The number of aromatic amines is 1. The Hall–Kier alpha value is -2.20. The Morgan fingerprint density at radius 1 is 1.34 bits per heavy atom. The highest BCUT2D eigenvalue weighted by Gasteiger charge is 2.57. The number of fused-ring (bicyclic) bond motifs is 1. The average Bonchev–Trinajstić information content (AvgIpc) is 3.26. The molecule has 1 spiro atoms. The number of sulfone groups is 1. The van der Waals surface area contributed by atoms with Gasteiger partial charge >= 0.3 is 5.97 Å². The molecular weight excluding hydrogens is 396 g/mol. The summed E-state index contributed by atoms with van der Waals surface area (Å²) in [5.74, 6) is 0.179. The maximum absolute atomic E-state index is 12.8. The molecule has 1 saturated carbocycles. The predicted molar refractivity (Wildman–Crippen MR) is 105 cm³/mol. The Bertz CT molecular complexity index is 1050. The van der Waals surface area contributed by atoms with Gasteiger partial charge in [-0.25, -0.2) is 18.4 Å². The molecule has 2 aromatic heterocycles. The van der Waals surface area contributed by atoms with Gasteiger partial charge < -0.3 is 19.7 Å². The molecule has 0 amide bonds. The first-order valence-electron chi connectivity index (χ1n) is 9.86. The van der Waals surface area contributed by atoms with Crippen LogP contribution >= 0.6 is 0 Å². The Labute approximate surface area is 168 Å². The second kappa shape index (κ2) is 6.40. The average molecular weight is 420 g/mol. The molecule has 10 heteroatoms. The van der Waals surface area contributed by atoms with Crippen molar-refractivity contribution >= 4 is 32.7 Å². The van der Waals surface area contributed by atoms with Crippen LogP contribution in [0.15, 0.2) is 18.6 Å². The normalized spacial score (nSPS) is 26.2. The summed E-state index contributed by atoms with van der Waals surface area (Å²) in [4.78, 5) is 26.9. The second-order valence-electron chi connectivity index (χ2n) is 8.86. The fraction of sp³-hybridized carbons (Fsp3) is 0.632. The molecule has 156 valence electrons. The molecule has 1 aliphatic carbocycles. The molecule has 0 bridgehead atoms. The molecule has 3 fully saturated rings. The van der Waals surface area contributed by atoms with Gasteiger partial charge in [0.1, 0.15) is 24.4 Å². The molecule has 0 unspecified atom stereocenters. The lowest BCUT2D eigenvalue weighted by atomic mass is 9.82. The summed E-state index contributed by atoms with van der Waals surface area (Å²) in [5.41, 5.74) is -0.139. The summed E-state index contributed by atoms with van der Waals surface area (Å²) in [6, 6.07) is 1.96. The smallest absolute Gasteiger partial charge is 0.309 e. The Morgan fingerprint density at radius 3 is 2.83 bits per heavy atom. The fourth-order valence-electron chi connectivity index (χ4n) is 4.92. The largest absolute Gasteiger partial charge is 0.465 e. The van der Waals surface area contributed by atoms with Gasteiger partial charge in [-0.2, -0.15) is 0 Å². The molecule has 2 aromatic rings. The molecule has 4 heterocycles. The summed E-state index contributed by atoms with van der Waals surface area (Å²) in [7, 11) is -3.11. The summed E-state index contributed by atoms with van der Waals surface area (Å²) in [6.45, 7) is 1.11. The van der Waals surface area contributed by atoms with Crippen LogP contribution < -0.4 is 4.90 Å². The minimum atomic E-state index is -3.11. The third kappa shape index (κ3) is 3.18. The summed E-state index contributed by atoms with van der Waals surface area (Å²) < 4.78 is 28.5. The number of anilines is 1. The zero-order valence-electron chi connectivity index (χ0n) is 16.0. The zero-order chi connectivity index (χ0) is 20.3. The standard InChI is InChI=1S/C19H24N4O5S/c24-8-18(10-29(26,27)11-18)9-28-17(25)14-2-6-23(7-19(14)3-4-19)16-13-1-5-20-15(13)21-12-22-16/h1,5,12,14,24H,2-4,6-11H2,(H,20,21,22)/t14-/m0/s1. The highest BCUT2D eigenvalue weighted by molar-refractivity contribution is 7.92. The fourth-order valence-corrected chi connectivity index (χ4v) is 7.05. The van der Waals surface area contributed by atoms with Crippen molar-refractivity contribution in [1.29, 1.82) is 0 Å². The topological polar surface area (TPSA) is 125 Å². The van der Waals surface area contributed by atoms with E-state index in [1.54, 1.807) is 6.33 Å². The Balaban J connectivity index is 1.27. The number of hydrogen-bond acceptors (Lipinski definition) is 8. The van der Waals surface area contributed by atoms with Crippen LogP contribution in [0.2, 0.25) is 0 Å². The molecule has 9 nitrogen and oxygen atoms in total. The minimum Gasteiger partial charge on any atom is -0.465 e. The van der Waals surface area contributed by atoms with E-state index < -0.39 is 15.3 Å². The highest BCUT2D eigenvalue weighted by Crippen LogP contribution is 2.56. The van der Waals surface area contributed by atoms with E-state index in [2.05, 4.69) is 19.9 Å². The third-order valence-corrected chi connectivity index (χ3v) is 8.75. The van der Waals surface area contributed by atoms with Crippen molar-refractivity contribution in [3.8, 4) is 0 Å². The van der Waals surface area contributed by atoms with Gasteiger partial charge in [-0.05, 0) is 25.3 Å². The minimum absolute atomic E-state index is 0.0340. The van der Waals surface area contributed by atoms with E-state index in [0.29, 0.717) is 13.0 Å². The molecule has 29 heavy (non-hydrogen) atoms. The Morgan fingerprint density at radius 2 is 2.14 bits per heavy atom. The second-order valence-corrected chi connectivity index (χ2v) is 10.9. The molecule has 3 aliphatic rings. The Kier molecular flexibility index (Phi) is 4.15. The highest BCUT2D eigenvalue weighted by atomic mass is 32.2. The van der Waals surface area contributed by atoms with Crippen molar-refractivity contribution in [3.63, 3.8) is 0 Å². The summed E-state index contributed by atoms with van der Waals surface area (Å²) in [5, 5.41) is 10.5. The van der Waals surface area contributed by atoms with Crippen LogP contribution in [-0.2, 0) is 19.4 Å². The maximum atomic E-state index is 12.8. The molecule has 2 aliphatic heterocycles. The number of nitrogens with zero attached hydrogens (tertiary/aromatic N) is 3. The first-order valence-corrected chi connectivity index (χ1v) is 11.7. The molecule has 0 aromatic carbocycles. The number of carbonyl (C=O) groups is 1. The van der Waals surface area contributed by atoms with Crippen LogP contribution in [0.3, 0.4) is 0 Å². The van der Waals surface area contributed by atoms with Crippen molar-refractivity contribution in [2.75, 3.05) is 42.7 Å². The van der Waals surface area contributed by atoms with Crippen molar-refractivity contribution in [3.05, 3.63) is 18.6 Å². The molecule has 5 rings (SSSR count). The van der Waals surface area contributed by atoms with E-state index in [1.807, 2.05) is 12.3 Å². The first kappa shape index (κ1) is 18.8. The van der Waals surface area contributed by atoms with Gasteiger partial charge in [-0.3, -0.25) is 4.79 Å². The van der Waals surface area contributed by atoms with Crippen LogP contribution in [0.5, 0.6) is 0 Å². The van der Waals surface area contributed by atoms with Gasteiger partial charge in [0.05, 0.1) is 34.8 Å². The summed E-state index contributed by atoms with van der Waals surface area (Å²) >= 11 is 0. The number of ether oxygens (including phenoxy) is 1. The number of hydrogen-bond donors (Lipinski definition) is 2. The molecular formula is C19H24N4O5S. The van der Waals surface area contributed by atoms with E-state index in [4.69, 9.17) is 4.74 Å². The lowest BCUT2D eigenvalue weighted by Crippen LogP contribution is -2.54. The maximum Gasteiger partial charge on any atom is 0.309 e. The van der Waals surface area contributed by atoms with Gasteiger partial charge in [0.2, 0.25) is 0 Å². The van der Waals surface area contributed by atoms with Crippen molar-refractivity contribution in [2.24, 2.45) is 16.7 Å². The molecule has 2 N–H and O–H groups in total.